The van der Waals surface area contributed by atoms with Gasteiger partial charge in [-0.05, 0) is 19.4 Å². The van der Waals surface area contributed by atoms with Gasteiger partial charge in [-0.2, -0.15) is 0 Å². The topological polar surface area (TPSA) is 86.7 Å². The summed E-state index contributed by atoms with van der Waals surface area (Å²) in [5.41, 5.74) is 0.872. The van der Waals surface area contributed by atoms with Crippen molar-refractivity contribution in [1.29, 1.82) is 0 Å². The molecule has 0 aromatic heterocycles. The van der Waals surface area contributed by atoms with E-state index in [4.69, 9.17) is 0 Å². The predicted octanol–water partition coefficient (Wildman–Crippen LogP) is 0.861. The Labute approximate surface area is 138 Å². The summed E-state index contributed by atoms with van der Waals surface area (Å²) in [5, 5.41) is 11.8. The molecular weight excluding hydrogens is 316 g/mol. The summed E-state index contributed by atoms with van der Waals surface area (Å²) in [6.07, 6.45) is 0.202. The van der Waals surface area contributed by atoms with Crippen LogP contribution in [0.15, 0.2) is 30.3 Å². The lowest BCUT2D eigenvalue weighted by Crippen LogP contribution is -2.70. The Bertz CT molecular complexity index is 661. The van der Waals surface area contributed by atoms with Gasteiger partial charge in [0, 0.05) is 4.75 Å². The third kappa shape index (κ3) is 2.69. The van der Waals surface area contributed by atoms with Gasteiger partial charge < -0.3 is 15.3 Å². The average Bonchev–Trinajstić information content (AvgIpc) is 2.74. The van der Waals surface area contributed by atoms with Crippen molar-refractivity contribution in [3.63, 3.8) is 0 Å². The Balaban J connectivity index is 1.66. The number of thioether (sulfide) groups is 1. The molecule has 2 amide bonds. The monoisotopic (exact) mass is 334 g/mol. The van der Waals surface area contributed by atoms with E-state index in [1.165, 1.54) is 16.7 Å². The molecule has 0 bridgehead atoms. The van der Waals surface area contributed by atoms with Crippen LogP contribution in [-0.4, -0.2) is 50.0 Å². The van der Waals surface area contributed by atoms with Gasteiger partial charge in [-0.3, -0.25) is 9.59 Å². The minimum atomic E-state index is -1.01. The lowest BCUT2D eigenvalue weighted by atomic mass is 9.96. The number of nitrogens with zero attached hydrogens (tertiary/aromatic N) is 1. The molecule has 1 unspecified atom stereocenters. The van der Waals surface area contributed by atoms with Crippen molar-refractivity contribution in [2.45, 2.75) is 42.5 Å². The SMILES string of the molecule is CC1(C)S[C@@H]2[C@@H](NC(=O)Cc3ccccc3)C(=O)N2C1C(=O)O. The zero-order chi connectivity index (χ0) is 16.8. The summed E-state index contributed by atoms with van der Waals surface area (Å²) in [6, 6.07) is 7.78. The van der Waals surface area contributed by atoms with Gasteiger partial charge in [0.2, 0.25) is 11.8 Å². The fraction of sp³-hybridized carbons (Fsp3) is 0.438. The molecule has 7 heteroatoms. The Morgan fingerprint density at radius 2 is 1.96 bits per heavy atom. The van der Waals surface area contributed by atoms with E-state index < -0.39 is 22.8 Å². The zero-order valence-corrected chi connectivity index (χ0v) is 13.7. The number of hydrogen-bond acceptors (Lipinski definition) is 4. The number of rotatable bonds is 4. The molecule has 6 nitrogen and oxygen atoms in total. The minimum absolute atomic E-state index is 0.202. The molecule has 2 aliphatic heterocycles. The molecule has 3 atom stereocenters. The third-order valence-corrected chi connectivity index (χ3v) is 5.77. The number of β-lactam (4-membered cyclic amide) rings is 1. The summed E-state index contributed by atoms with van der Waals surface area (Å²) >= 11 is 1.42. The average molecular weight is 334 g/mol. The van der Waals surface area contributed by atoms with Crippen LogP contribution in [0.5, 0.6) is 0 Å². The van der Waals surface area contributed by atoms with E-state index in [2.05, 4.69) is 5.32 Å². The molecule has 2 N–H and O–H groups in total. The summed E-state index contributed by atoms with van der Waals surface area (Å²) in [5.74, 6) is -1.55. The van der Waals surface area contributed by atoms with E-state index in [1.807, 2.05) is 44.2 Å². The number of carboxylic acids is 1. The number of amides is 2. The van der Waals surface area contributed by atoms with E-state index in [1.54, 1.807) is 0 Å². The van der Waals surface area contributed by atoms with E-state index in [9.17, 15) is 19.5 Å². The van der Waals surface area contributed by atoms with Crippen molar-refractivity contribution < 1.29 is 19.5 Å². The van der Waals surface area contributed by atoms with Crippen molar-refractivity contribution >= 4 is 29.5 Å². The van der Waals surface area contributed by atoms with Crippen molar-refractivity contribution in [2.75, 3.05) is 0 Å². The number of carbonyl (C=O) groups excluding carboxylic acids is 2. The van der Waals surface area contributed by atoms with Crippen LogP contribution in [0.2, 0.25) is 0 Å². The number of benzene rings is 1. The van der Waals surface area contributed by atoms with Crippen LogP contribution in [0.1, 0.15) is 19.4 Å². The summed E-state index contributed by atoms with van der Waals surface area (Å²) in [6.45, 7) is 3.62. The van der Waals surface area contributed by atoms with Gasteiger partial charge in [0.1, 0.15) is 17.5 Å². The van der Waals surface area contributed by atoms with Gasteiger partial charge in [0.05, 0.1) is 6.42 Å². The van der Waals surface area contributed by atoms with E-state index >= 15 is 0 Å². The van der Waals surface area contributed by atoms with E-state index in [0.29, 0.717) is 0 Å². The molecule has 2 heterocycles. The highest BCUT2D eigenvalue weighted by atomic mass is 32.2. The van der Waals surface area contributed by atoms with Crippen molar-refractivity contribution in [3.05, 3.63) is 35.9 Å². The maximum atomic E-state index is 12.3. The molecule has 2 saturated heterocycles. The van der Waals surface area contributed by atoms with Crippen LogP contribution < -0.4 is 5.32 Å². The summed E-state index contributed by atoms with van der Waals surface area (Å²) in [7, 11) is 0. The third-order valence-electron chi connectivity index (χ3n) is 4.20. The molecule has 1 aromatic rings. The van der Waals surface area contributed by atoms with E-state index in [0.717, 1.165) is 5.56 Å². The van der Waals surface area contributed by atoms with Gasteiger partial charge in [-0.1, -0.05) is 30.3 Å². The highest BCUT2D eigenvalue weighted by molar-refractivity contribution is 8.01. The van der Waals surface area contributed by atoms with Crippen LogP contribution in [0.25, 0.3) is 0 Å². The Kier molecular flexibility index (Phi) is 3.83. The van der Waals surface area contributed by atoms with Crippen LogP contribution in [-0.2, 0) is 20.8 Å². The van der Waals surface area contributed by atoms with E-state index in [-0.39, 0.29) is 23.6 Å². The highest BCUT2D eigenvalue weighted by Gasteiger charge is 2.64. The Morgan fingerprint density at radius 3 is 2.57 bits per heavy atom. The number of hydrogen-bond donors (Lipinski definition) is 2. The van der Waals surface area contributed by atoms with Gasteiger partial charge in [0.15, 0.2) is 0 Å². The molecule has 0 spiro atoms. The van der Waals surface area contributed by atoms with Gasteiger partial charge >= 0.3 is 5.97 Å². The van der Waals surface area contributed by atoms with Crippen molar-refractivity contribution in [2.24, 2.45) is 0 Å². The molecular formula is C16H18N2O4S. The van der Waals surface area contributed by atoms with Crippen LogP contribution in [0.3, 0.4) is 0 Å². The lowest BCUT2D eigenvalue weighted by molar-refractivity contribution is -0.161. The standard InChI is InChI=1S/C16H18N2O4S/c1-16(2)12(15(21)22)18-13(20)11(14(18)23-16)17-10(19)8-9-6-4-3-5-7-9/h3-7,11-12,14H,8H2,1-2H3,(H,17,19)(H,21,22)/t11-,12?,14+/m0/s1. The van der Waals surface area contributed by atoms with Crippen molar-refractivity contribution in [3.8, 4) is 0 Å². The van der Waals surface area contributed by atoms with Crippen LogP contribution >= 0.6 is 11.8 Å². The molecule has 0 aliphatic carbocycles. The minimum Gasteiger partial charge on any atom is -0.480 e. The first kappa shape index (κ1) is 15.9. The fourth-order valence-electron chi connectivity index (χ4n) is 3.15. The quantitative estimate of drug-likeness (QED) is 0.798. The largest absolute Gasteiger partial charge is 0.480 e. The van der Waals surface area contributed by atoms with Gasteiger partial charge in [-0.25, -0.2) is 4.79 Å². The number of aliphatic carboxylic acids is 1. The predicted molar refractivity (Wildman–Crippen MR) is 85.8 cm³/mol. The van der Waals surface area contributed by atoms with Crippen LogP contribution in [0, 0.1) is 0 Å². The zero-order valence-electron chi connectivity index (χ0n) is 12.9. The molecule has 0 radical (unpaired) electrons. The second kappa shape index (κ2) is 5.56. The smallest absolute Gasteiger partial charge is 0.327 e. The normalized spacial score (nSPS) is 28.0. The second-order valence-electron chi connectivity index (χ2n) is 6.31. The first-order chi connectivity index (χ1) is 10.8. The molecule has 2 fully saturated rings. The molecule has 0 saturated carbocycles. The molecule has 1 aromatic carbocycles. The lowest BCUT2D eigenvalue weighted by Gasteiger charge is -2.43. The maximum Gasteiger partial charge on any atom is 0.327 e. The number of carbonyl (C=O) groups is 3. The molecule has 3 rings (SSSR count). The second-order valence-corrected chi connectivity index (χ2v) is 8.08. The molecule has 2 aliphatic rings. The maximum absolute atomic E-state index is 12.3. The highest BCUT2D eigenvalue weighted by Crippen LogP contribution is 2.50. The first-order valence-corrected chi connectivity index (χ1v) is 8.25. The summed E-state index contributed by atoms with van der Waals surface area (Å²) < 4.78 is -0.578. The Hall–Kier alpha value is -2.02. The van der Waals surface area contributed by atoms with Gasteiger partial charge in [-0.15, -0.1) is 11.8 Å². The Morgan fingerprint density at radius 1 is 1.30 bits per heavy atom. The summed E-state index contributed by atoms with van der Waals surface area (Å²) in [4.78, 5) is 37.2. The number of carboxylic acid groups (broad SMARTS) is 1. The van der Waals surface area contributed by atoms with Crippen molar-refractivity contribution in [1.82, 2.24) is 10.2 Å². The number of nitrogens with one attached hydrogen (secondary N) is 1. The van der Waals surface area contributed by atoms with Gasteiger partial charge in [0.25, 0.3) is 0 Å². The fourth-order valence-corrected chi connectivity index (χ4v) is 4.78. The number of fused-ring (bicyclic) bond motifs is 1. The molecule has 122 valence electrons. The molecule has 23 heavy (non-hydrogen) atoms. The first-order valence-electron chi connectivity index (χ1n) is 7.37. The van der Waals surface area contributed by atoms with Crippen LogP contribution in [0.4, 0.5) is 0 Å².